The second-order valence-corrected chi connectivity index (χ2v) is 21.3. The molecule has 0 spiro atoms. The molecule has 0 aromatic heterocycles. The number of primary amides is 1. The minimum absolute atomic E-state index is 0.0352. The van der Waals surface area contributed by atoms with Crippen LogP contribution < -0.4 is 42.8 Å². The van der Waals surface area contributed by atoms with Crippen LogP contribution >= 0.6 is 11.6 Å². The molecule has 0 saturated carbocycles. The summed E-state index contributed by atoms with van der Waals surface area (Å²) in [6.45, 7) is 8.04. The molecule has 1 aliphatic heterocycles. The summed E-state index contributed by atoms with van der Waals surface area (Å²) in [7, 11) is -4.08. The Morgan fingerprint density at radius 1 is 0.766 bits per heavy atom. The van der Waals surface area contributed by atoms with Crippen LogP contribution in [-0.4, -0.2) is 122 Å². The fourth-order valence-electron chi connectivity index (χ4n) is 7.70. The first-order chi connectivity index (χ1) is 36.4. The third kappa shape index (κ3) is 22.0. The third-order valence-corrected chi connectivity index (χ3v) is 13.5. The maximum atomic E-state index is 14.5. The van der Waals surface area contributed by atoms with Crippen LogP contribution in [0.1, 0.15) is 102 Å². The van der Waals surface area contributed by atoms with E-state index in [1.807, 2.05) is 6.07 Å². The molecule has 77 heavy (non-hydrogen) atoms. The Bertz CT molecular complexity index is 2650. The van der Waals surface area contributed by atoms with E-state index in [1.54, 1.807) is 88.4 Å². The fourth-order valence-corrected chi connectivity index (χ4v) is 8.85. The number of ether oxygens (including phenoxy) is 3. The van der Waals surface area contributed by atoms with E-state index in [0.29, 0.717) is 35.4 Å². The van der Waals surface area contributed by atoms with Gasteiger partial charge in [0, 0.05) is 36.6 Å². The smallest absolute Gasteiger partial charge is 0.408 e. The first-order valence-corrected chi connectivity index (χ1v) is 27.0. The molecule has 1 heterocycles. The number of benzene rings is 3. The fraction of sp³-hybridized carbons (Fsp3) is 0.481. The topological polar surface area (TPSA) is 338 Å². The SMILES string of the molecule is Cc1ccc(S(=O)(=O)NC(N)=NCCC[C@H](NC(=O)[C@H](CCC(N)=O)NC(=O)OC(C)(C)C)C(=O)N2CCC[C@H]2C(=O)N[C@@H](C)C(=O)N[C@@H](CCCCNC(=O)OCc2ccccc2Cl)C(=O)OCc2ccccc2)cc1. The van der Waals surface area contributed by atoms with Crippen LogP contribution in [0.25, 0.3) is 0 Å². The van der Waals surface area contributed by atoms with Crippen molar-refractivity contribution < 1.29 is 61.0 Å². The highest BCUT2D eigenvalue weighted by Crippen LogP contribution is 2.21. The summed E-state index contributed by atoms with van der Waals surface area (Å²) >= 11 is 6.15. The van der Waals surface area contributed by atoms with Gasteiger partial charge >= 0.3 is 18.2 Å². The van der Waals surface area contributed by atoms with Crippen LogP contribution in [0.4, 0.5) is 9.59 Å². The largest absolute Gasteiger partial charge is 0.459 e. The van der Waals surface area contributed by atoms with Gasteiger partial charge in [-0.1, -0.05) is 77.8 Å². The molecule has 1 fully saturated rings. The maximum absolute atomic E-state index is 14.5. The molecule has 1 aliphatic rings. The number of sulfonamides is 1. The number of halogens is 1. The molecular weight excluding hydrogens is 1040 g/mol. The van der Waals surface area contributed by atoms with Crippen molar-refractivity contribution in [1.82, 2.24) is 36.2 Å². The van der Waals surface area contributed by atoms with Crippen LogP contribution in [0.5, 0.6) is 0 Å². The predicted molar refractivity (Wildman–Crippen MR) is 285 cm³/mol. The Morgan fingerprint density at radius 3 is 2.10 bits per heavy atom. The zero-order chi connectivity index (χ0) is 56.7. The molecule has 0 radical (unpaired) electrons. The van der Waals surface area contributed by atoms with Gasteiger partial charge in [0.1, 0.15) is 49.0 Å². The molecular formula is C52H71ClN10O13S. The maximum Gasteiger partial charge on any atom is 0.408 e. The Kier molecular flexibility index (Phi) is 24.4. The minimum Gasteiger partial charge on any atom is -0.459 e. The molecule has 420 valence electrons. The Balaban J connectivity index is 1.44. The lowest BCUT2D eigenvalue weighted by atomic mass is 10.1. The number of carbonyl (C=O) groups excluding carboxylic acids is 8. The van der Waals surface area contributed by atoms with Crippen LogP contribution in [0, 0.1) is 6.92 Å². The zero-order valence-corrected chi connectivity index (χ0v) is 45.5. The number of guanidine groups is 1. The number of rotatable bonds is 27. The number of esters is 1. The summed E-state index contributed by atoms with van der Waals surface area (Å²) < 4.78 is 44.1. The van der Waals surface area contributed by atoms with Crippen LogP contribution in [0.15, 0.2) is 88.8 Å². The van der Waals surface area contributed by atoms with Gasteiger partial charge in [-0.3, -0.25) is 29.0 Å². The number of hydrogen-bond donors (Lipinski definition) is 8. The van der Waals surface area contributed by atoms with E-state index < -0.39 is 99.5 Å². The third-order valence-electron chi connectivity index (χ3n) is 11.7. The molecule has 7 amide bonds. The quantitative estimate of drug-likeness (QED) is 0.0178. The van der Waals surface area contributed by atoms with E-state index in [1.165, 1.54) is 24.0 Å². The normalized spacial score (nSPS) is 15.1. The van der Waals surface area contributed by atoms with Gasteiger partial charge in [-0.2, -0.15) is 0 Å². The number of nitrogens with zero attached hydrogens (tertiary/aromatic N) is 2. The van der Waals surface area contributed by atoms with E-state index >= 15 is 0 Å². The molecule has 3 aromatic rings. The first kappa shape index (κ1) is 62.1. The van der Waals surface area contributed by atoms with Crippen molar-refractivity contribution >= 4 is 75.3 Å². The molecule has 0 unspecified atom stereocenters. The van der Waals surface area contributed by atoms with Crippen molar-refractivity contribution in [2.45, 2.75) is 146 Å². The molecule has 1 saturated heterocycles. The average Bonchev–Trinajstić information content (AvgIpc) is 3.87. The van der Waals surface area contributed by atoms with Crippen molar-refractivity contribution in [1.29, 1.82) is 0 Å². The predicted octanol–water partition coefficient (Wildman–Crippen LogP) is 3.49. The lowest BCUT2D eigenvalue weighted by Gasteiger charge is -2.30. The number of aryl methyl sites for hydroxylation is 1. The van der Waals surface area contributed by atoms with Crippen molar-refractivity contribution in [3.05, 3.63) is 101 Å². The van der Waals surface area contributed by atoms with Crippen LogP contribution in [0.2, 0.25) is 5.02 Å². The van der Waals surface area contributed by atoms with Gasteiger partial charge in [-0.15, -0.1) is 0 Å². The highest BCUT2D eigenvalue weighted by molar-refractivity contribution is 7.90. The standard InChI is InChI=1S/C52H71ClN10O13S/c1-33-22-24-37(25-23-33)77(72,73)62-49(55)56-29-13-20-40(59-45(66)39(26-27-43(54)64)61-51(71)76-52(3,4)5)47(68)63-30-14-21-42(63)46(67)58-34(2)44(65)60-41(48(69)74-31-35-15-7-6-8-16-35)19-11-12-28-57-50(70)75-32-36-17-9-10-18-38(36)53/h6-10,15-18,22-25,34,39-42H,11-14,19-21,26-32H2,1-5H3,(H2,54,64)(H,57,70)(H,58,67)(H,59,66)(H,60,65)(H,61,71)(H3,55,56,62)/t34-,39-,40-,41-,42-/m0/s1. The molecule has 3 aromatic carbocycles. The zero-order valence-electron chi connectivity index (χ0n) is 43.9. The van der Waals surface area contributed by atoms with Crippen LogP contribution in [0.3, 0.4) is 0 Å². The van der Waals surface area contributed by atoms with Crippen molar-refractivity contribution in [2.24, 2.45) is 16.5 Å². The molecule has 4 rings (SSSR count). The average molecular weight is 1110 g/mol. The number of nitrogens with one attached hydrogen (secondary N) is 6. The van der Waals surface area contributed by atoms with Gasteiger partial charge in [0.15, 0.2) is 0 Å². The van der Waals surface area contributed by atoms with E-state index in [-0.39, 0.29) is 76.3 Å². The van der Waals surface area contributed by atoms with E-state index in [4.69, 9.17) is 37.3 Å². The second kappa shape index (κ2) is 30.3. The Morgan fingerprint density at radius 2 is 1.43 bits per heavy atom. The molecule has 25 heteroatoms. The molecule has 10 N–H and O–H groups in total. The van der Waals surface area contributed by atoms with Gasteiger partial charge in [-0.25, -0.2) is 27.5 Å². The minimum atomic E-state index is -4.08. The van der Waals surface area contributed by atoms with Gasteiger partial charge in [-0.05, 0) is 110 Å². The van der Waals surface area contributed by atoms with E-state index in [9.17, 15) is 46.8 Å². The number of aliphatic imine (C=N–C) groups is 1. The number of carbonyl (C=O) groups is 8. The molecule has 0 aliphatic carbocycles. The lowest BCUT2D eigenvalue weighted by molar-refractivity contribution is -0.149. The molecule has 0 bridgehead atoms. The number of likely N-dealkylation sites (tertiary alicyclic amines) is 1. The highest BCUT2D eigenvalue weighted by atomic mass is 35.5. The van der Waals surface area contributed by atoms with Crippen molar-refractivity contribution in [2.75, 3.05) is 19.6 Å². The lowest BCUT2D eigenvalue weighted by Crippen LogP contribution is -2.58. The molecule has 23 nitrogen and oxygen atoms in total. The van der Waals surface area contributed by atoms with E-state index in [0.717, 1.165) is 5.56 Å². The number of unbranched alkanes of at least 4 members (excludes halogenated alkanes) is 1. The molecule has 5 atom stereocenters. The monoisotopic (exact) mass is 1110 g/mol. The summed E-state index contributed by atoms with van der Waals surface area (Å²) in [5.41, 5.74) is 12.5. The summed E-state index contributed by atoms with van der Waals surface area (Å²) in [6, 6.07) is 15.6. The highest BCUT2D eigenvalue weighted by Gasteiger charge is 2.39. The Hall–Kier alpha value is -7.47. The second-order valence-electron chi connectivity index (χ2n) is 19.3. The van der Waals surface area contributed by atoms with Gasteiger partial charge in [0.05, 0.1) is 4.90 Å². The van der Waals surface area contributed by atoms with Crippen LogP contribution in [-0.2, 0) is 66.2 Å². The van der Waals surface area contributed by atoms with Crippen molar-refractivity contribution in [3.8, 4) is 0 Å². The Labute approximate surface area is 453 Å². The van der Waals surface area contributed by atoms with Gasteiger partial charge in [0.25, 0.3) is 10.0 Å². The van der Waals surface area contributed by atoms with E-state index in [2.05, 4.69) is 36.3 Å². The number of nitrogens with two attached hydrogens (primary N) is 2. The summed E-state index contributed by atoms with van der Waals surface area (Å²) in [5.74, 6) is -4.96. The van der Waals surface area contributed by atoms with Gasteiger partial charge < -0.3 is 57.2 Å². The summed E-state index contributed by atoms with van der Waals surface area (Å²) in [5, 5.41) is 13.5. The summed E-state index contributed by atoms with van der Waals surface area (Å²) in [6.07, 6.45) is -0.942. The number of amides is 7. The summed E-state index contributed by atoms with van der Waals surface area (Å²) in [4.78, 5) is 112. The number of alkyl carbamates (subject to hydrolysis) is 2. The number of hydrogen-bond acceptors (Lipinski definition) is 14. The first-order valence-electron chi connectivity index (χ1n) is 25.2. The van der Waals surface area contributed by atoms with Gasteiger partial charge in [0.2, 0.25) is 35.5 Å². The van der Waals surface area contributed by atoms with Crippen molar-refractivity contribution in [3.63, 3.8) is 0 Å².